The molecule has 1 N–H and O–H groups in total. The van der Waals surface area contributed by atoms with Crippen molar-refractivity contribution >= 4 is 27.5 Å². The van der Waals surface area contributed by atoms with Crippen molar-refractivity contribution in [2.45, 2.75) is 56.1 Å². The summed E-state index contributed by atoms with van der Waals surface area (Å²) < 4.78 is 54.0. The van der Waals surface area contributed by atoms with E-state index in [9.17, 15) is 22.0 Å². The van der Waals surface area contributed by atoms with Gasteiger partial charge in [-0.2, -0.15) is 0 Å². The molecule has 3 fully saturated rings. The van der Waals surface area contributed by atoms with Crippen LogP contribution in [-0.2, 0) is 14.8 Å². The van der Waals surface area contributed by atoms with Gasteiger partial charge in [0.1, 0.15) is 5.88 Å². The summed E-state index contributed by atoms with van der Waals surface area (Å²) in [5.74, 6) is -2.63. The molecule has 1 spiro atoms. The molecule has 1 saturated heterocycles. The number of sulfonamides is 1. The van der Waals surface area contributed by atoms with Gasteiger partial charge in [0.05, 0.1) is 5.25 Å². The zero-order chi connectivity index (χ0) is 18.3. The number of rotatable bonds is 5. The van der Waals surface area contributed by atoms with E-state index in [0.29, 0.717) is 58.2 Å². The second-order valence-electron chi connectivity index (χ2n) is 7.69. The van der Waals surface area contributed by atoms with Gasteiger partial charge in [-0.25, -0.2) is 21.5 Å². The summed E-state index contributed by atoms with van der Waals surface area (Å²) in [6.07, 6.45) is 2.60. The fourth-order valence-electron chi connectivity index (χ4n) is 4.25. The SMILES string of the molecule is O=C(CCl)NCC1CCN(S(=O)(=O)C2CCC3(CC2)CC3(F)F)CC1. The van der Waals surface area contributed by atoms with Crippen molar-refractivity contribution in [3.8, 4) is 0 Å². The molecular formula is C16H25ClF2N2O3S. The maximum absolute atomic E-state index is 13.5. The Morgan fingerprint density at radius 2 is 1.72 bits per heavy atom. The van der Waals surface area contributed by atoms with Gasteiger partial charge in [-0.3, -0.25) is 4.79 Å². The second kappa shape index (κ2) is 6.93. The summed E-state index contributed by atoms with van der Waals surface area (Å²) in [5.41, 5.74) is -0.910. The highest BCUT2D eigenvalue weighted by Gasteiger charge is 2.71. The van der Waals surface area contributed by atoms with E-state index in [-0.39, 0.29) is 24.1 Å². The van der Waals surface area contributed by atoms with Crippen molar-refractivity contribution in [1.29, 1.82) is 0 Å². The van der Waals surface area contributed by atoms with Crippen LogP contribution in [-0.4, -0.2) is 55.3 Å². The monoisotopic (exact) mass is 398 g/mol. The standard InChI is InChI=1S/C16H25ClF2N2O3S/c17-9-14(22)20-10-12-3-7-21(8-4-12)25(23,24)13-1-5-15(6-2-13)11-16(15,18)19/h12-13H,1-11H2,(H,20,22). The molecule has 0 radical (unpaired) electrons. The average Bonchev–Trinajstić information content (AvgIpc) is 3.12. The maximum atomic E-state index is 13.5. The maximum Gasteiger partial charge on any atom is 0.254 e. The number of nitrogens with one attached hydrogen (secondary N) is 1. The lowest BCUT2D eigenvalue weighted by Crippen LogP contribution is -2.46. The van der Waals surface area contributed by atoms with Gasteiger partial charge in [-0.15, -0.1) is 11.6 Å². The van der Waals surface area contributed by atoms with Gasteiger partial charge in [-0.1, -0.05) is 0 Å². The van der Waals surface area contributed by atoms with E-state index in [1.807, 2.05) is 0 Å². The molecule has 0 aromatic heterocycles. The lowest BCUT2D eigenvalue weighted by molar-refractivity contribution is -0.118. The van der Waals surface area contributed by atoms with E-state index in [1.165, 1.54) is 4.31 Å². The Kier molecular flexibility index (Phi) is 5.34. The van der Waals surface area contributed by atoms with Crippen LogP contribution in [0.2, 0.25) is 0 Å². The first-order valence-electron chi connectivity index (χ1n) is 8.90. The van der Waals surface area contributed by atoms with Crippen LogP contribution in [0.5, 0.6) is 0 Å². The third-order valence-corrected chi connectivity index (χ3v) is 8.81. The Morgan fingerprint density at radius 3 is 2.20 bits per heavy atom. The number of halogens is 3. The molecule has 2 saturated carbocycles. The summed E-state index contributed by atoms with van der Waals surface area (Å²) in [6, 6.07) is 0. The second-order valence-corrected chi connectivity index (χ2v) is 10.2. The Balaban J connectivity index is 1.48. The Labute approximate surface area is 152 Å². The highest BCUT2D eigenvalue weighted by molar-refractivity contribution is 7.89. The smallest absolute Gasteiger partial charge is 0.254 e. The molecule has 0 aromatic carbocycles. The fourth-order valence-corrected chi connectivity index (χ4v) is 6.32. The van der Waals surface area contributed by atoms with Crippen LogP contribution >= 0.6 is 11.6 Å². The van der Waals surface area contributed by atoms with E-state index in [4.69, 9.17) is 11.6 Å². The molecule has 25 heavy (non-hydrogen) atoms. The first-order valence-corrected chi connectivity index (χ1v) is 10.9. The molecule has 1 amide bonds. The average molecular weight is 399 g/mol. The lowest BCUT2D eigenvalue weighted by Gasteiger charge is -2.36. The quantitative estimate of drug-likeness (QED) is 0.723. The molecule has 3 aliphatic rings. The summed E-state index contributed by atoms with van der Waals surface area (Å²) in [7, 11) is -3.42. The minimum absolute atomic E-state index is 0.0740. The molecule has 1 aliphatic heterocycles. The van der Waals surface area contributed by atoms with Crippen LogP contribution in [0.4, 0.5) is 8.78 Å². The van der Waals surface area contributed by atoms with Crippen LogP contribution < -0.4 is 5.32 Å². The van der Waals surface area contributed by atoms with Crippen molar-refractivity contribution in [3.05, 3.63) is 0 Å². The highest BCUT2D eigenvalue weighted by Crippen LogP contribution is 2.67. The molecule has 144 valence electrons. The van der Waals surface area contributed by atoms with Crippen LogP contribution in [0.3, 0.4) is 0 Å². The fraction of sp³-hybridized carbons (Fsp3) is 0.938. The van der Waals surface area contributed by atoms with Gasteiger partial charge < -0.3 is 5.32 Å². The zero-order valence-corrected chi connectivity index (χ0v) is 15.7. The number of alkyl halides is 3. The number of hydrogen-bond donors (Lipinski definition) is 1. The Hall–Kier alpha value is -0.470. The first-order chi connectivity index (χ1) is 11.7. The normalized spacial score (nSPS) is 33.3. The minimum Gasteiger partial charge on any atom is -0.355 e. The third kappa shape index (κ3) is 3.81. The largest absolute Gasteiger partial charge is 0.355 e. The summed E-state index contributed by atoms with van der Waals surface area (Å²) >= 11 is 5.43. The molecule has 0 atom stereocenters. The van der Waals surface area contributed by atoms with E-state index >= 15 is 0 Å². The van der Waals surface area contributed by atoms with Crippen molar-refractivity contribution in [3.63, 3.8) is 0 Å². The van der Waals surface area contributed by atoms with Gasteiger partial charge in [0.25, 0.3) is 5.92 Å². The minimum atomic E-state index is -3.42. The predicted octanol–water partition coefficient (Wildman–Crippen LogP) is 2.35. The predicted molar refractivity (Wildman–Crippen MR) is 91.2 cm³/mol. The Morgan fingerprint density at radius 1 is 1.16 bits per heavy atom. The summed E-state index contributed by atoms with van der Waals surface area (Å²) in [5, 5.41) is 2.21. The van der Waals surface area contributed by atoms with E-state index in [0.717, 1.165) is 0 Å². The number of carbonyl (C=O) groups excluding carboxylic acids is 1. The number of amides is 1. The van der Waals surface area contributed by atoms with Crippen LogP contribution in [0.25, 0.3) is 0 Å². The topological polar surface area (TPSA) is 66.5 Å². The van der Waals surface area contributed by atoms with Gasteiger partial charge >= 0.3 is 0 Å². The molecule has 0 aromatic rings. The van der Waals surface area contributed by atoms with Gasteiger partial charge in [-0.05, 0) is 44.4 Å². The van der Waals surface area contributed by atoms with E-state index < -0.39 is 26.6 Å². The molecule has 0 unspecified atom stereocenters. The molecule has 3 rings (SSSR count). The number of nitrogens with zero attached hydrogens (tertiary/aromatic N) is 1. The number of carbonyl (C=O) groups is 1. The van der Waals surface area contributed by atoms with Crippen molar-refractivity contribution in [2.75, 3.05) is 25.5 Å². The molecule has 1 heterocycles. The molecule has 5 nitrogen and oxygen atoms in total. The van der Waals surface area contributed by atoms with Crippen molar-refractivity contribution < 1.29 is 22.0 Å². The summed E-state index contributed by atoms with van der Waals surface area (Å²) in [6.45, 7) is 1.38. The molecule has 0 bridgehead atoms. The molecule has 9 heteroatoms. The lowest BCUT2D eigenvalue weighted by atomic mass is 9.85. The van der Waals surface area contributed by atoms with E-state index in [2.05, 4.69) is 5.32 Å². The van der Waals surface area contributed by atoms with Crippen LogP contribution in [0, 0.1) is 11.3 Å². The van der Waals surface area contributed by atoms with Gasteiger partial charge in [0.15, 0.2) is 0 Å². The molecule has 2 aliphatic carbocycles. The first kappa shape index (κ1) is 19.3. The van der Waals surface area contributed by atoms with Gasteiger partial charge in [0, 0.05) is 31.5 Å². The van der Waals surface area contributed by atoms with Crippen LogP contribution in [0.15, 0.2) is 0 Å². The van der Waals surface area contributed by atoms with Gasteiger partial charge in [0.2, 0.25) is 15.9 Å². The number of hydrogen-bond acceptors (Lipinski definition) is 3. The summed E-state index contributed by atoms with van der Waals surface area (Å²) in [4.78, 5) is 11.2. The van der Waals surface area contributed by atoms with Crippen molar-refractivity contribution in [1.82, 2.24) is 9.62 Å². The zero-order valence-electron chi connectivity index (χ0n) is 14.1. The van der Waals surface area contributed by atoms with E-state index in [1.54, 1.807) is 0 Å². The van der Waals surface area contributed by atoms with Crippen molar-refractivity contribution in [2.24, 2.45) is 11.3 Å². The van der Waals surface area contributed by atoms with Crippen LogP contribution in [0.1, 0.15) is 44.9 Å². The third-order valence-electron chi connectivity index (χ3n) is 6.16. The Bertz CT molecular complexity index is 613. The molecular weight excluding hydrogens is 374 g/mol. The number of piperidine rings is 1. The highest BCUT2D eigenvalue weighted by atomic mass is 35.5.